The van der Waals surface area contributed by atoms with E-state index in [2.05, 4.69) is 16.7 Å². The zero-order valence-corrected chi connectivity index (χ0v) is 8.92. The maximum Gasteiger partial charge on any atom is 0.0931 e. The summed E-state index contributed by atoms with van der Waals surface area (Å²) < 4.78 is 0.889. The Morgan fingerprint density at radius 3 is 2.92 bits per heavy atom. The molecule has 0 amide bonds. The predicted octanol–water partition coefficient (Wildman–Crippen LogP) is 1.51. The minimum atomic E-state index is 0.690. The van der Waals surface area contributed by atoms with Crippen molar-refractivity contribution in [3.8, 4) is 0 Å². The van der Waals surface area contributed by atoms with Gasteiger partial charge < -0.3 is 10.6 Å². The van der Waals surface area contributed by atoms with E-state index in [9.17, 15) is 0 Å². The largest absolute Gasteiger partial charge is 0.314 e. The van der Waals surface area contributed by atoms with Gasteiger partial charge in [0.25, 0.3) is 0 Å². The first-order valence-corrected chi connectivity index (χ1v) is 5.72. The van der Waals surface area contributed by atoms with Crippen molar-refractivity contribution in [2.45, 2.75) is 12.5 Å². The lowest BCUT2D eigenvalue weighted by Crippen LogP contribution is -2.55. The average Bonchev–Trinajstić information content (AvgIpc) is 2.42. The van der Waals surface area contributed by atoms with E-state index in [1.807, 2.05) is 6.07 Å². The number of hydrogen-bond donors (Lipinski definition) is 2. The summed E-state index contributed by atoms with van der Waals surface area (Å²) in [4.78, 5) is 1.37. The van der Waals surface area contributed by atoms with Gasteiger partial charge in [-0.1, -0.05) is 11.6 Å². The molecule has 13 heavy (non-hydrogen) atoms. The molecule has 0 aliphatic carbocycles. The second-order valence-electron chi connectivity index (χ2n) is 3.27. The van der Waals surface area contributed by atoms with E-state index in [-0.39, 0.29) is 0 Å². The summed E-state index contributed by atoms with van der Waals surface area (Å²) in [6.45, 7) is 3.29. The number of hydrogen-bond acceptors (Lipinski definition) is 3. The van der Waals surface area contributed by atoms with Gasteiger partial charge in [-0.2, -0.15) is 0 Å². The molecular weight excluding hydrogens is 204 g/mol. The molecule has 2 rings (SSSR count). The molecule has 1 saturated heterocycles. The van der Waals surface area contributed by atoms with Crippen molar-refractivity contribution in [1.29, 1.82) is 0 Å². The minimum absolute atomic E-state index is 0.690. The van der Waals surface area contributed by atoms with Crippen LogP contribution in [0.5, 0.6) is 0 Å². The van der Waals surface area contributed by atoms with E-state index in [0.29, 0.717) is 6.04 Å². The van der Waals surface area contributed by atoms with Gasteiger partial charge >= 0.3 is 0 Å². The molecule has 0 radical (unpaired) electrons. The van der Waals surface area contributed by atoms with Crippen LogP contribution in [0.15, 0.2) is 12.1 Å². The second-order valence-corrected chi connectivity index (χ2v) is 5.06. The van der Waals surface area contributed by atoms with Crippen LogP contribution < -0.4 is 10.6 Å². The summed E-state index contributed by atoms with van der Waals surface area (Å²) in [5.41, 5.74) is 0. The zero-order chi connectivity index (χ0) is 9.10. The van der Waals surface area contributed by atoms with Crippen molar-refractivity contribution in [1.82, 2.24) is 10.6 Å². The minimum Gasteiger partial charge on any atom is -0.314 e. The van der Waals surface area contributed by atoms with Gasteiger partial charge in [-0.15, -0.1) is 11.3 Å². The van der Waals surface area contributed by atoms with E-state index >= 15 is 0 Å². The SMILES string of the molecule is Clc1ccc(CCNC2CNC2)s1. The van der Waals surface area contributed by atoms with Crippen LogP contribution in [0.3, 0.4) is 0 Å². The number of rotatable bonds is 4. The lowest BCUT2D eigenvalue weighted by Gasteiger charge is -2.28. The molecule has 2 N–H and O–H groups in total. The van der Waals surface area contributed by atoms with Crippen LogP contribution in [0.4, 0.5) is 0 Å². The summed E-state index contributed by atoms with van der Waals surface area (Å²) in [6, 6.07) is 4.76. The molecule has 2 heterocycles. The molecule has 1 aliphatic heterocycles. The molecule has 1 aromatic rings. The van der Waals surface area contributed by atoms with Crippen LogP contribution in [0.1, 0.15) is 4.88 Å². The zero-order valence-electron chi connectivity index (χ0n) is 7.35. The first-order valence-electron chi connectivity index (χ1n) is 4.53. The fourth-order valence-corrected chi connectivity index (χ4v) is 2.41. The first kappa shape index (κ1) is 9.46. The van der Waals surface area contributed by atoms with Crippen molar-refractivity contribution in [3.05, 3.63) is 21.3 Å². The highest BCUT2D eigenvalue weighted by molar-refractivity contribution is 7.16. The normalized spacial score (nSPS) is 17.3. The molecular formula is C9H13ClN2S. The quantitative estimate of drug-likeness (QED) is 0.798. The van der Waals surface area contributed by atoms with Crippen molar-refractivity contribution in [2.24, 2.45) is 0 Å². The van der Waals surface area contributed by atoms with Gasteiger partial charge in [0.1, 0.15) is 0 Å². The molecule has 0 unspecified atom stereocenters. The topological polar surface area (TPSA) is 24.1 Å². The van der Waals surface area contributed by atoms with Crippen LogP contribution >= 0.6 is 22.9 Å². The Morgan fingerprint density at radius 1 is 1.54 bits per heavy atom. The van der Waals surface area contributed by atoms with E-state index in [0.717, 1.165) is 30.4 Å². The molecule has 0 aromatic carbocycles. The molecule has 1 aliphatic rings. The monoisotopic (exact) mass is 216 g/mol. The van der Waals surface area contributed by atoms with Gasteiger partial charge in [0.15, 0.2) is 0 Å². The first-order chi connectivity index (χ1) is 6.34. The molecule has 1 aromatic heterocycles. The number of halogens is 1. The fourth-order valence-electron chi connectivity index (χ4n) is 1.32. The lowest BCUT2D eigenvalue weighted by atomic mass is 10.2. The summed E-state index contributed by atoms with van der Waals surface area (Å²) in [6.07, 6.45) is 1.09. The van der Waals surface area contributed by atoms with Gasteiger partial charge in [0.05, 0.1) is 4.34 Å². The summed E-state index contributed by atoms with van der Waals surface area (Å²) >= 11 is 7.50. The number of nitrogens with one attached hydrogen (secondary N) is 2. The van der Waals surface area contributed by atoms with Gasteiger partial charge in [-0.3, -0.25) is 0 Å². The summed E-state index contributed by atoms with van der Waals surface area (Å²) in [7, 11) is 0. The Bertz CT molecular complexity index is 270. The van der Waals surface area contributed by atoms with Crippen molar-refractivity contribution < 1.29 is 0 Å². The van der Waals surface area contributed by atoms with Gasteiger partial charge in [-0.05, 0) is 18.6 Å². The van der Waals surface area contributed by atoms with Crippen LogP contribution in [-0.4, -0.2) is 25.7 Å². The van der Waals surface area contributed by atoms with E-state index in [1.165, 1.54) is 4.88 Å². The smallest absolute Gasteiger partial charge is 0.0931 e. The molecule has 2 nitrogen and oxygen atoms in total. The van der Waals surface area contributed by atoms with Crippen LogP contribution in [0, 0.1) is 0 Å². The third-order valence-corrected chi connectivity index (χ3v) is 3.51. The molecule has 72 valence electrons. The summed E-state index contributed by atoms with van der Waals surface area (Å²) in [5, 5.41) is 6.71. The maximum atomic E-state index is 5.83. The van der Waals surface area contributed by atoms with Gasteiger partial charge in [0, 0.05) is 30.6 Å². The van der Waals surface area contributed by atoms with Gasteiger partial charge in [-0.25, -0.2) is 0 Å². The van der Waals surface area contributed by atoms with Gasteiger partial charge in [0.2, 0.25) is 0 Å². The Balaban J connectivity index is 1.67. The highest BCUT2D eigenvalue weighted by Crippen LogP contribution is 2.21. The predicted molar refractivity (Wildman–Crippen MR) is 57.7 cm³/mol. The molecule has 0 atom stereocenters. The number of thiophene rings is 1. The third kappa shape index (κ3) is 2.68. The lowest BCUT2D eigenvalue weighted by molar-refractivity contribution is 0.369. The molecule has 0 spiro atoms. The summed E-state index contributed by atoms with van der Waals surface area (Å²) in [5.74, 6) is 0. The Morgan fingerprint density at radius 2 is 2.38 bits per heavy atom. The average molecular weight is 217 g/mol. The second kappa shape index (κ2) is 4.42. The molecule has 0 saturated carbocycles. The van der Waals surface area contributed by atoms with Crippen LogP contribution in [0.2, 0.25) is 4.34 Å². The Labute approximate surface area is 87.3 Å². The van der Waals surface area contributed by atoms with Crippen LogP contribution in [0.25, 0.3) is 0 Å². The van der Waals surface area contributed by atoms with E-state index in [1.54, 1.807) is 11.3 Å². The molecule has 0 bridgehead atoms. The highest BCUT2D eigenvalue weighted by Gasteiger charge is 2.14. The third-order valence-electron chi connectivity index (χ3n) is 2.21. The molecule has 1 fully saturated rings. The van der Waals surface area contributed by atoms with Crippen molar-refractivity contribution in [3.63, 3.8) is 0 Å². The van der Waals surface area contributed by atoms with Crippen molar-refractivity contribution >= 4 is 22.9 Å². The highest BCUT2D eigenvalue weighted by atomic mass is 35.5. The Kier molecular flexibility index (Phi) is 3.22. The van der Waals surface area contributed by atoms with E-state index in [4.69, 9.17) is 11.6 Å². The van der Waals surface area contributed by atoms with Crippen LogP contribution in [-0.2, 0) is 6.42 Å². The Hall–Kier alpha value is -0.0900. The maximum absolute atomic E-state index is 5.83. The fraction of sp³-hybridized carbons (Fsp3) is 0.556. The van der Waals surface area contributed by atoms with E-state index < -0.39 is 0 Å². The van der Waals surface area contributed by atoms with Crippen molar-refractivity contribution in [2.75, 3.05) is 19.6 Å². The standard InChI is InChI=1S/C9H13ClN2S/c10-9-2-1-8(13-9)3-4-12-7-5-11-6-7/h1-2,7,11-12H,3-6H2. The molecule has 4 heteroatoms.